The van der Waals surface area contributed by atoms with Crippen LogP contribution in [-0.4, -0.2) is 49.5 Å². The van der Waals surface area contributed by atoms with E-state index in [1.165, 1.54) is 0 Å². The third-order valence-electron chi connectivity index (χ3n) is 3.03. The number of alkyl halides is 1. The Bertz CT molecular complexity index is 709. The monoisotopic (exact) mass is 303 g/mol. The van der Waals surface area contributed by atoms with E-state index in [0.29, 0.717) is 6.20 Å². The molecule has 0 aliphatic carbocycles. The number of aliphatic hydroxyl groups is 3. The molecule has 11 nitrogen and oxygen atoms in total. The Morgan fingerprint density at radius 1 is 1.62 bits per heavy atom. The van der Waals surface area contributed by atoms with Crippen molar-refractivity contribution < 1.29 is 24.4 Å². The van der Waals surface area contributed by atoms with Crippen molar-refractivity contribution in [1.29, 1.82) is 0 Å². The maximum atomic E-state index is 14.5. The Balaban J connectivity index is 2.75. The predicted octanol–water partition coefficient (Wildman–Crippen LogP) is -2.13. The van der Waals surface area contributed by atoms with Gasteiger partial charge in [0.1, 0.15) is 12.2 Å². The summed E-state index contributed by atoms with van der Waals surface area (Å²) in [7, 11) is 0. The lowest BCUT2D eigenvalue weighted by molar-refractivity contribution is -0.258. The highest BCUT2D eigenvalue weighted by atomic mass is 19.2. The molecule has 0 amide bonds. The minimum atomic E-state index is -3.73. The van der Waals surface area contributed by atoms with Gasteiger partial charge < -0.3 is 20.1 Å². The Labute approximate surface area is 114 Å². The zero-order valence-electron chi connectivity index (χ0n) is 10.2. The highest BCUT2D eigenvalue weighted by Gasteiger charge is 2.68. The molecule has 1 saturated heterocycles. The summed E-state index contributed by atoms with van der Waals surface area (Å²) in [5.41, 5.74) is 6.47. The van der Waals surface area contributed by atoms with E-state index in [-0.39, 0.29) is 4.57 Å². The van der Waals surface area contributed by atoms with Crippen LogP contribution in [0.25, 0.3) is 10.4 Å². The van der Waals surface area contributed by atoms with Gasteiger partial charge in [0.05, 0.1) is 6.61 Å². The number of aromatic nitrogens is 2. The van der Waals surface area contributed by atoms with Crippen molar-refractivity contribution >= 4 is 0 Å². The molecular weight excluding hydrogens is 293 g/mol. The van der Waals surface area contributed by atoms with Crippen LogP contribution >= 0.6 is 0 Å². The van der Waals surface area contributed by atoms with E-state index in [1.54, 1.807) is 4.98 Å². The third-order valence-corrected chi connectivity index (χ3v) is 3.03. The van der Waals surface area contributed by atoms with Crippen LogP contribution in [0.1, 0.15) is 0 Å². The van der Waals surface area contributed by atoms with Gasteiger partial charge in [-0.05, 0) is 10.6 Å². The Morgan fingerprint density at radius 2 is 2.29 bits per heavy atom. The van der Waals surface area contributed by atoms with Gasteiger partial charge in [0, 0.05) is 17.2 Å². The van der Waals surface area contributed by atoms with Crippen LogP contribution in [-0.2, 0) is 10.6 Å². The molecule has 2 heterocycles. The van der Waals surface area contributed by atoms with Crippen molar-refractivity contribution in [2.24, 2.45) is 5.11 Å². The maximum absolute atomic E-state index is 14.5. The molecule has 12 heteroatoms. The Kier molecular flexibility index (Phi) is 3.57. The van der Waals surface area contributed by atoms with Crippen molar-refractivity contribution in [3.63, 3.8) is 0 Å². The van der Waals surface area contributed by atoms with Crippen LogP contribution in [0, 0.1) is 0 Å². The largest absolute Gasteiger partial charge is 0.394 e. The lowest BCUT2D eigenvalue weighted by Crippen LogP contribution is -2.56. The number of rotatable bonds is 3. The topological polar surface area (TPSA) is 174 Å². The lowest BCUT2D eigenvalue weighted by atomic mass is 10.1. The third kappa shape index (κ3) is 2.02. The highest BCUT2D eigenvalue weighted by molar-refractivity contribution is 5.05. The van der Waals surface area contributed by atoms with Crippen LogP contribution < -0.4 is 11.2 Å². The first-order valence-corrected chi connectivity index (χ1v) is 5.57. The van der Waals surface area contributed by atoms with Gasteiger partial charge in [-0.25, -0.2) is 9.18 Å². The number of halogens is 1. The fourth-order valence-electron chi connectivity index (χ4n) is 2.02. The number of nitrogens with one attached hydrogen (secondary N) is 1. The molecular formula is C9H10FN5O6. The Morgan fingerprint density at radius 3 is 2.76 bits per heavy atom. The van der Waals surface area contributed by atoms with E-state index in [0.717, 1.165) is 6.07 Å². The molecule has 0 bridgehead atoms. The summed E-state index contributed by atoms with van der Waals surface area (Å²) >= 11 is 0. The zero-order valence-corrected chi connectivity index (χ0v) is 10.2. The average molecular weight is 303 g/mol. The SMILES string of the molecule is [N-]=[N+]=N[C@@]1(n2ccc(=O)[nH]c2=O)O[C@H](CO)[C@@H](O)[C@]1(O)F. The van der Waals surface area contributed by atoms with Gasteiger partial charge in [0.2, 0.25) is 0 Å². The van der Waals surface area contributed by atoms with Crippen LogP contribution in [0.4, 0.5) is 4.39 Å². The summed E-state index contributed by atoms with van der Waals surface area (Å²) in [6.45, 7) is -0.922. The molecule has 114 valence electrons. The standard InChI is InChI=1S/C9H10FN5O6/c10-8(20)6(18)4(3-16)21-9(8,13-14-11)15-2-1-5(17)12-7(15)19/h1-2,4,6,16,18,20H,3H2,(H,12,17,19)/t4-,6-,8-,9+/m1/s1. The molecule has 1 aromatic rings. The van der Waals surface area contributed by atoms with Crippen molar-refractivity contribution in [3.8, 4) is 0 Å². The average Bonchev–Trinajstić information content (AvgIpc) is 2.60. The smallest absolute Gasteiger partial charge is 0.330 e. The summed E-state index contributed by atoms with van der Waals surface area (Å²) in [6.07, 6.45) is -3.25. The zero-order chi connectivity index (χ0) is 15.8. The van der Waals surface area contributed by atoms with Gasteiger partial charge in [-0.15, -0.1) is 0 Å². The molecule has 0 spiro atoms. The molecule has 1 aromatic heterocycles. The molecule has 4 atom stereocenters. The van der Waals surface area contributed by atoms with Gasteiger partial charge in [-0.1, -0.05) is 0 Å². The second-order valence-corrected chi connectivity index (χ2v) is 4.23. The van der Waals surface area contributed by atoms with Gasteiger partial charge in [-0.2, -0.15) is 0 Å². The predicted molar refractivity (Wildman–Crippen MR) is 62.5 cm³/mol. The second-order valence-electron chi connectivity index (χ2n) is 4.23. The fraction of sp³-hybridized carbons (Fsp3) is 0.556. The van der Waals surface area contributed by atoms with Gasteiger partial charge in [0.25, 0.3) is 17.3 Å². The fourth-order valence-corrected chi connectivity index (χ4v) is 2.02. The van der Waals surface area contributed by atoms with Crippen molar-refractivity contribution in [2.45, 2.75) is 23.9 Å². The molecule has 0 radical (unpaired) electrons. The summed E-state index contributed by atoms with van der Waals surface area (Å²) in [5.74, 6) is -6.75. The number of aliphatic hydroxyl groups excluding tert-OH is 2. The number of hydrogen-bond acceptors (Lipinski definition) is 7. The number of nitrogens with zero attached hydrogens (tertiary/aromatic N) is 4. The lowest BCUT2D eigenvalue weighted by Gasteiger charge is -2.32. The first-order valence-electron chi connectivity index (χ1n) is 5.57. The maximum Gasteiger partial charge on any atom is 0.330 e. The van der Waals surface area contributed by atoms with E-state index >= 15 is 0 Å². The van der Waals surface area contributed by atoms with Crippen LogP contribution in [0.5, 0.6) is 0 Å². The Hall–Kier alpha value is -2.24. The summed E-state index contributed by atoms with van der Waals surface area (Å²) in [5, 5.41) is 31.3. The van der Waals surface area contributed by atoms with Crippen molar-refractivity contribution in [1.82, 2.24) is 9.55 Å². The highest BCUT2D eigenvalue weighted by Crippen LogP contribution is 2.45. The van der Waals surface area contributed by atoms with E-state index in [4.69, 9.17) is 15.4 Å². The number of hydrogen-bond donors (Lipinski definition) is 4. The van der Waals surface area contributed by atoms with E-state index in [1.807, 2.05) is 0 Å². The molecule has 21 heavy (non-hydrogen) atoms. The molecule has 1 aliphatic rings. The normalized spacial score (nSPS) is 35.4. The van der Waals surface area contributed by atoms with Gasteiger partial charge in [0.15, 0.2) is 0 Å². The first-order chi connectivity index (χ1) is 9.80. The minimum absolute atomic E-state index is 0.271. The molecule has 0 saturated carbocycles. The van der Waals surface area contributed by atoms with Gasteiger partial charge >= 0.3 is 5.69 Å². The number of ether oxygens (including phenoxy) is 1. The van der Waals surface area contributed by atoms with E-state index < -0.39 is 41.8 Å². The number of azide groups is 1. The van der Waals surface area contributed by atoms with Crippen molar-refractivity contribution in [3.05, 3.63) is 43.5 Å². The minimum Gasteiger partial charge on any atom is -0.394 e. The molecule has 2 rings (SSSR count). The van der Waals surface area contributed by atoms with Crippen LogP contribution in [0.3, 0.4) is 0 Å². The van der Waals surface area contributed by atoms with E-state index in [9.17, 15) is 24.2 Å². The van der Waals surface area contributed by atoms with Gasteiger partial charge in [-0.3, -0.25) is 14.3 Å². The summed E-state index contributed by atoms with van der Waals surface area (Å²) in [4.78, 5) is 26.8. The van der Waals surface area contributed by atoms with Crippen LogP contribution in [0.2, 0.25) is 0 Å². The number of aromatic amines is 1. The molecule has 1 fully saturated rings. The summed E-state index contributed by atoms with van der Waals surface area (Å²) < 4.78 is 19.6. The van der Waals surface area contributed by atoms with Crippen LogP contribution in [0.15, 0.2) is 27.0 Å². The first kappa shape index (κ1) is 15.2. The molecule has 0 unspecified atom stereocenters. The quantitative estimate of drug-likeness (QED) is 0.282. The molecule has 4 N–H and O–H groups in total. The second kappa shape index (κ2) is 4.95. The summed E-state index contributed by atoms with van der Waals surface area (Å²) in [6, 6.07) is 0.786. The molecule has 1 aliphatic heterocycles. The molecule has 0 aromatic carbocycles. The number of H-pyrrole nitrogens is 1. The van der Waals surface area contributed by atoms with Crippen molar-refractivity contribution in [2.75, 3.05) is 6.61 Å². The van der Waals surface area contributed by atoms with E-state index in [2.05, 4.69) is 10.0 Å².